The maximum Gasteiger partial charge on any atom is 0.253 e. The van der Waals surface area contributed by atoms with Gasteiger partial charge in [-0.15, -0.1) is 0 Å². The van der Waals surface area contributed by atoms with E-state index in [1.165, 1.54) is 0 Å². The minimum atomic E-state index is -0.102. The summed E-state index contributed by atoms with van der Waals surface area (Å²) in [5.41, 5.74) is 7.67. The van der Waals surface area contributed by atoms with Gasteiger partial charge in [0.2, 0.25) is 0 Å². The lowest BCUT2D eigenvalue weighted by Crippen LogP contribution is -2.31. The first-order chi connectivity index (χ1) is 17.0. The Bertz CT molecular complexity index is 1800. The molecular formula is C30H28N2O3. The molecule has 6 rings (SSSR count). The zero-order valence-corrected chi connectivity index (χ0v) is 20.3. The van der Waals surface area contributed by atoms with E-state index >= 15 is 0 Å². The molecule has 0 atom stereocenters. The fourth-order valence-electron chi connectivity index (χ4n) is 5.06. The smallest absolute Gasteiger partial charge is 0.253 e. The Balaban J connectivity index is 1.67. The first-order valence-corrected chi connectivity index (χ1v) is 12.2. The predicted molar refractivity (Wildman–Crippen MR) is 142 cm³/mol. The van der Waals surface area contributed by atoms with Crippen molar-refractivity contribution >= 4 is 56.5 Å². The van der Waals surface area contributed by atoms with Crippen LogP contribution in [0.15, 0.2) is 57.5 Å². The number of unbranched alkanes of at least 4 members (excludes halogenated alkanes) is 2. The summed E-state index contributed by atoms with van der Waals surface area (Å²) >= 11 is 0. The second-order valence-electron chi connectivity index (χ2n) is 9.41. The molecule has 0 spiro atoms. The molecule has 4 aromatic rings. The molecule has 0 saturated carbocycles. The average molecular weight is 465 g/mol. The van der Waals surface area contributed by atoms with Crippen LogP contribution < -0.4 is 10.5 Å². The fourth-order valence-corrected chi connectivity index (χ4v) is 5.06. The number of fused-ring (bicyclic) bond motifs is 5. The van der Waals surface area contributed by atoms with Crippen LogP contribution >= 0.6 is 0 Å². The third-order valence-corrected chi connectivity index (χ3v) is 7.15. The average Bonchev–Trinajstić information content (AvgIpc) is 3.22. The molecule has 0 fully saturated rings. The van der Waals surface area contributed by atoms with Crippen molar-refractivity contribution in [1.29, 1.82) is 0 Å². The molecule has 3 aromatic carbocycles. The van der Waals surface area contributed by atoms with Gasteiger partial charge in [-0.1, -0.05) is 44.5 Å². The van der Waals surface area contributed by atoms with Gasteiger partial charge in [0.05, 0.1) is 16.8 Å². The molecule has 2 aliphatic rings. The number of rotatable bonds is 5. The first kappa shape index (κ1) is 21.5. The lowest BCUT2D eigenvalue weighted by Gasteiger charge is -2.22. The second kappa shape index (κ2) is 8.05. The Morgan fingerprint density at radius 3 is 2.63 bits per heavy atom. The molecular weight excluding hydrogens is 436 g/mol. The van der Waals surface area contributed by atoms with Crippen molar-refractivity contribution in [2.75, 3.05) is 6.54 Å². The van der Waals surface area contributed by atoms with Gasteiger partial charge in [0.15, 0.2) is 11.2 Å². The Hall–Kier alpha value is -3.99. The first-order valence-electron chi connectivity index (χ1n) is 12.2. The van der Waals surface area contributed by atoms with Gasteiger partial charge in [-0.2, -0.15) is 0 Å². The van der Waals surface area contributed by atoms with Crippen LogP contribution in [0.5, 0.6) is 0 Å². The van der Waals surface area contributed by atoms with Crippen LogP contribution in [0.25, 0.3) is 56.3 Å². The summed E-state index contributed by atoms with van der Waals surface area (Å²) in [4.78, 5) is 13.2. The molecule has 1 aromatic heterocycles. The minimum Gasteiger partial charge on any atom is -0.456 e. The number of pyridine rings is 1. The van der Waals surface area contributed by atoms with Gasteiger partial charge >= 0.3 is 0 Å². The molecule has 3 heterocycles. The summed E-state index contributed by atoms with van der Waals surface area (Å²) < 4.78 is 14.8. The van der Waals surface area contributed by atoms with Crippen LogP contribution in [-0.4, -0.2) is 17.0 Å². The van der Waals surface area contributed by atoms with E-state index in [-0.39, 0.29) is 5.91 Å². The Morgan fingerprint density at radius 1 is 0.971 bits per heavy atom. The standard InChI is InChI=1S/C30H28N2O3/c1-5-6-9-12-31-30(33)23-16-32-24-15-26-22(20-10-7-8-11-25(20)34-26)14-27(24)35-29-18(3)17(2)13-21(19(23)4)28(29)32/h7-8,10-11,13-16H,4-6,9,12H2,1-3H3,(H,31,33). The van der Waals surface area contributed by atoms with Crippen molar-refractivity contribution < 1.29 is 13.6 Å². The van der Waals surface area contributed by atoms with Gasteiger partial charge in [-0.05, 0) is 54.8 Å². The van der Waals surface area contributed by atoms with Crippen molar-refractivity contribution in [2.24, 2.45) is 0 Å². The monoisotopic (exact) mass is 464 g/mol. The molecule has 176 valence electrons. The van der Waals surface area contributed by atoms with E-state index in [2.05, 4.69) is 49.4 Å². The summed E-state index contributed by atoms with van der Waals surface area (Å²) in [5.74, 6) is -0.102. The van der Waals surface area contributed by atoms with Crippen LogP contribution in [0.1, 0.15) is 47.7 Å². The molecule has 5 nitrogen and oxygen atoms in total. The van der Waals surface area contributed by atoms with Gasteiger partial charge in [0, 0.05) is 35.0 Å². The summed E-state index contributed by atoms with van der Waals surface area (Å²) in [6.45, 7) is 11.3. The molecule has 35 heavy (non-hydrogen) atoms. The van der Waals surface area contributed by atoms with E-state index < -0.39 is 0 Å². The van der Waals surface area contributed by atoms with E-state index in [9.17, 15) is 4.79 Å². The molecule has 0 aliphatic carbocycles. The van der Waals surface area contributed by atoms with E-state index in [0.29, 0.717) is 17.3 Å². The summed E-state index contributed by atoms with van der Waals surface area (Å²) in [7, 11) is 0. The van der Waals surface area contributed by atoms with Crippen molar-refractivity contribution in [1.82, 2.24) is 9.88 Å². The molecule has 5 heteroatoms. The lowest BCUT2D eigenvalue weighted by molar-refractivity contribution is 0.0951. The quantitative estimate of drug-likeness (QED) is 0.171. The highest BCUT2D eigenvalue weighted by atomic mass is 16.3. The maximum atomic E-state index is 13.2. The Labute approximate surface area is 203 Å². The summed E-state index contributed by atoms with van der Waals surface area (Å²) in [5, 5.41) is 6.77. The summed E-state index contributed by atoms with van der Waals surface area (Å²) in [6.07, 6.45) is 5.07. The van der Waals surface area contributed by atoms with Crippen LogP contribution in [0.3, 0.4) is 0 Å². The minimum absolute atomic E-state index is 0.102. The van der Waals surface area contributed by atoms with E-state index in [0.717, 1.165) is 80.1 Å². The normalized spacial score (nSPS) is 12.0. The third kappa shape index (κ3) is 3.26. The Kier molecular flexibility index (Phi) is 4.95. The maximum absolute atomic E-state index is 13.2. The zero-order valence-electron chi connectivity index (χ0n) is 20.3. The van der Waals surface area contributed by atoms with Crippen molar-refractivity contribution in [2.45, 2.75) is 40.0 Å². The number of nitrogens with zero attached hydrogens (tertiary/aromatic N) is 1. The molecule has 0 bridgehead atoms. The second-order valence-corrected chi connectivity index (χ2v) is 9.41. The van der Waals surface area contributed by atoms with Crippen LogP contribution in [0.4, 0.5) is 0 Å². The van der Waals surface area contributed by atoms with E-state index in [4.69, 9.17) is 8.83 Å². The topological polar surface area (TPSA) is 60.3 Å². The number of hydrogen-bond acceptors (Lipinski definition) is 3. The summed E-state index contributed by atoms with van der Waals surface area (Å²) in [6, 6.07) is 14.2. The van der Waals surface area contributed by atoms with Crippen molar-refractivity contribution in [3.63, 3.8) is 0 Å². The predicted octanol–water partition coefficient (Wildman–Crippen LogP) is 6.94. The zero-order chi connectivity index (χ0) is 24.3. The lowest BCUT2D eigenvalue weighted by atomic mass is 9.99. The van der Waals surface area contributed by atoms with Crippen LogP contribution in [0.2, 0.25) is 0 Å². The highest BCUT2D eigenvalue weighted by molar-refractivity contribution is 6.09. The van der Waals surface area contributed by atoms with Gasteiger partial charge in [0.1, 0.15) is 11.2 Å². The number of benzene rings is 3. The molecule has 2 aliphatic heterocycles. The fraction of sp³-hybridized carbons (Fsp3) is 0.233. The number of para-hydroxylation sites is 1. The number of hydrogen-bond donors (Lipinski definition) is 1. The molecule has 0 radical (unpaired) electrons. The molecule has 0 unspecified atom stereocenters. The number of nitrogens with one attached hydrogen (secondary N) is 1. The number of amides is 1. The van der Waals surface area contributed by atoms with Crippen molar-refractivity contribution in [3.8, 4) is 5.69 Å². The van der Waals surface area contributed by atoms with E-state index in [1.807, 2.05) is 36.5 Å². The number of aryl methyl sites for hydroxylation is 2. The number of furan rings is 1. The van der Waals surface area contributed by atoms with E-state index in [1.54, 1.807) is 0 Å². The largest absolute Gasteiger partial charge is 0.456 e. The van der Waals surface area contributed by atoms with Gasteiger partial charge in [0.25, 0.3) is 5.91 Å². The number of aromatic nitrogens is 1. The molecule has 1 N–H and O–H groups in total. The highest BCUT2D eigenvalue weighted by Crippen LogP contribution is 2.37. The third-order valence-electron chi connectivity index (χ3n) is 7.15. The SMILES string of the molecule is C=c1c(C(=O)NCCCCC)cn2c3cc4oc5ccccc5c4cc3oc3c(C)c(C)cc1c3-2. The number of carbonyl (C=O) groups is 1. The van der Waals surface area contributed by atoms with Crippen LogP contribution in [-0.2, 0) is 0 Å². The van der Waals surface area contributed by atoms with Crippen molar-refractivity contribution in [3.05, 3.63) is 70.6 Å². The Morgan fingerprint density at radius 2 is 1.80 bits per heavy atom. The van der Waals surface area contributed by atoms with Gasteiger partial charge in [-0.3, -0.25) is 4.79 Å². The molecule has 0 saturated heterocycles. The number of carbonyl (C=O) groups excluding carboxylic acids is 1. The van der Waals surface area contributed by atoms with Crippen LogP contribution in [0, 0.1) is 13.8 Å². The van der Waals surface area contributed by atoms with Gasteiger partial charge < -0.3 is 18.7 Å². The highest BCUT2D eigenvalue weighted by Gasteiger charge is 2.22. The molecule has 1 amide bonds. The van der Waals surface area contributed by atoms with Gasteiger partial charge in [-0.25, -0.2) is 0 Å².